The number of likely N-dealkylation sites (N-methyl/N-ethyl adjacent to an activating group) is 1. The fraction of sp³-hybridized carbons (Fsp3) is 0.643. The number of hydrogen-bond donors (Lipinski definition) is 0. The number of pyridine rings is 1. The lowest BCUT2D eigenvalue weighted by Gasteiger charge is -2.25. The molecule has 0 fully saturated rings. The van der Waals surface area contributed by atoms with Crippen LogP contribution in [0.4, 0.5) is 0 Å². The Labute approximate surface area is 116 Å². The van der Waals surface area contributed by atoms with Crippen LogP contribution in [0.25, 0.3) is 0 Å². The molecule has 3 nitrogen and oxygen atoms in total. The smallest absolute Gasteiger partial charge is 0.129 e. The maximum atomic E-state index is 5.92. The fourth-order valence-corrected chi connectivity index (χ4v) is 2.04. The second-order valence-electron chi connectivity index (χ2n) is 5.38. The van der Waals surface area contributed by atoms with Gasteiger partial charge in [0.2, 0.25) is 0 Å². The molecular formula is C14H24ClN3. The van der Waals surface area contributed by atoms with Crippen molar-refractivity contribution in [3.63, 3.8) is 0 Å². The lowest BCUT2D eigenvalue weighted by molar-refractivity contribution is 0.209. The molecular weight excluding hydrogens is 246 g/mol. The van der Waals surface area contributed by atoms with Gasteiger partial charge in [0.25, 0.3) is 0 Å². The first-order chi connectivity index (χ1) is 8.47. The molecule has 1 aromatic rings. The lowest BCUT2D eigenvalue weighted by Crippen LogP contribution is -2.34. The summed E-state index contributed by atoms with van der Waals surface area (Å²) in [7, 11) is 4.20. The molecule has 0 amide bonds. The minimum Gasteiger partial charge on any atom is -0.308 e. The van der Waals surface area contributed by atoms with Gasteiger partial charge >= 0.3 is 0 Å². The van der Waals surface area contributed by atoms with Crippen LogP contribution in [-0.2, 0) is 6.54 Å². The van der Waals surface area contributed by atoms with E-state index in [0.717, 1.165) is 31.9 Å². The van der Waals surface area contributed by atoms with Crippen LogP contribution in [0.5, 0.6) is 0 Å². The predicted molar refractivity (Wildman–Crippen MR) is 77.9 cm³/mol. The van der Waals surface area contributed by atoms with E-state index < -0.39 is 0 Å². The number of aromatic nitrogens is 1. The highest BCUT2D eigenvalue weighted by Crippen LogP contribution is 2.09. The molecule has 0 spiro atoms. The van der Waals surface area contributed by atoms with Crippen molar-refractivity contribution >= 4 is 11.6 Å². The molecule has 0 aliphatic rings. The molecule has 1 aromatic heterocycles. The summed E-state index contributed by atoms with van der Waals surface area (Å²) in [6.07, 6.45) is 0. The molecule has 0 atom stereocenters. The van der Waals surface area contributed by atoms with Crippen molar-refractivity contribution in [2.45, 2.75) is 20.4 Å². The highest BCUT2D eigenvalue weighted by molar-refractivity contribution is 6.29. The van der Waals surface area contributed by atoms with Gasteiger partial charge in [-0.1, -0.05) is 31.5 Å². The van der Waals surface area contributed by atoms with E-state index in [0.29, 0.717) is 11.1 Å². The molecule has 0 bridgehead atoms. The normalized spacial score (nSPS) is 11.8. The van der Waals surface area contributed by atoms with Crippen LogP contribution in [0.3, 0.4) is 0 Å². The quantitative estimate of drug-likeness (QED) is 0.710. The fourth-order valence-electron chi connectivity index (χ4n) is 1.86. The van der Waals surface area contributed by atoms with Gasteiger partial charge in [-0.2, -0.15) is 0 Å². The molecule has 0 saturated heterocycles. The summed E-state index contributed by atoms with van der Waals surface area (Å²) in [5, 5.41) is 0.574. The van der Waals surface area contributed by atoms with E-state index in [1.54, 1.807) is 0 Å². The van der Waals surface area contributed by atoms with E-state index in [-0.39, 0.29) is 0 Å². The zero-order valence-electron chi connectivity index (χ0n) is 11.9. The third-order valence-electron chi connectivity index (χ3n) is 2.65. The Bertz CT molecular complexity index is 353. The largest absolute Gasteiger partial charge is 0.308 e. The van der Waals surface area contributed by atoms with Gasteiger partial charge < -0.3 is 4.90 Å². The van der Waals surface area contributed by atoms with Gasteiger partial charge in [-0.25, -0.2) is 4.98 Å². The molecule has 0 N–H and O–H groups in total. The minimum atomic E-state index is 0.574. The van der Waals surface area contributed by atoms with Crippen molar-refractivity contribution in [2.75, 3.05) is 33.7 Å². The summed E-state index contributed by atoms with van der Waals surface area (Å²) in [5.41, 5.74) is 1.04. The molecule has 1 rings (SSSR count). The highest BCUT2D eigenvalue weighted by Gasteiger charge is 2.09. The molecule has 1 heterocycles. The molecule has 0 aliphatic carbocycles. The Morgan fingerprint density at radius 1 is 1.22 bits per heavy atom. The molecule has 4 heteroatoms. The molecule has 0 radical (unpaired) electrons. The van der Waals surface area contributed by atoms with Crippen LogP contribution in [0.1, 0.15) is 19.5 Å². The van der Waals surface area contributed by atoms with Gasteiger partial charge in [0.15, 0.2) is 0 Å². The monoisotopic (exact) mass is 269 g/mol. The third-order valence-corrected chi connectivity index (χ3v) is 2.86. The van der Waals surface area contributed by atoms with Crippen LogP contribution in [0, 0.1) is 5.92 Å². The van der Waals surface area contributed by atoms with Crippen molar-refractivity contribution < 1.29 is 0 Å². The molecule has 0 aromatic carbocycles. The van der Waals surface area contributed by atoms with Gasteiger partial charge in [-0.05, 0) is 32.1 Å². The summed E-state index contributed by atoms with van der Waals surface area (Å²) in [4.78, 5) is 9.00. The number of hydrogen-bond acceptors (Lipinski definition) is 3. The lowest BCUT2D eigenvalue weighted by atomic mass is 10.2. The van der Waals surface area contributed by atoms with Gasteiger partial charge in [-0.15, -0.1) is 0 Å². The SMILES string of the molecule is CC(C)CN(CCN(C)C)Cc1cccc(Cl)n1. The number of nitrogens with zero attached hydrogens (tertiary/aromatic N) is 3. The molecule has 0 unspecified atom stereocenters. The van der Waals surface area contributed by atoms with Gasteiger partial charge in [0.05, 0.1) is 5.69 Å². The van der Waals surface area contributed by atoms with Gasteiger partial charge in [-0.3, -0.25) is 4.90 Å². The second kappa shape index (κ2) is 7.72. The van der Waals surface area contributed by atoms with E-state index in [1.807, 2.05) is 18.2 Å². The Hall–Kier alpha value is -0.640. The predicted octanol–water partition coefficient (Wildman–Crippen LogP) is 2.75. The van der Waals surface area contributed by atoms with Gasteiger partial charge in [0.1, 0.15) is 5.15 Å². The first-order valence-electron chi connectivity index (χ1n) is 6.46. The van der Waals surface area contributed by atoms with Crippen molar-refractivity contribution in [3.05, 3.63) is 29.0 Å². The van der Waals surface area contributed by atoms with Crippen LogP contribution in [0.2, 0.25) is 5.15 Å². The number of halogens is 1. The van der Waals surface area contributed by atoms with Crippen LogP contribution in [-0.4, -0.2) is 48.5 Å². The Morgan fingerprint density at radius 3 is 2.50 bits per heavy atom. The zero-order valence-corrected chi connectivity index (χ0v) is 12.6. The van der Waals surface area contributed by atoms with Crippen molar-refractivity contribution in [1.82, 2.24) is 14.8 Å². The van der Waals surface area contributed by atoms with E-state index >= 15 is 0 Å². The average molecular weight is 270 g/mol. The summed E-state index contributed by atoms with van der Waals surface area (Å²) >= 11 is 5.92. The highest BCUT2D eigenvalue weighted by atomic mass is 35.5. The minimum absolute atomic E-state index is 0.574. The zero-order chi connectivity index (χ0) is 13.5. The Kier molecular flexibility index (Phi) is 6.61. The van der Waals surface area contributed by atoms with Crippen LogP contribution in [0.15, 0.2) is 18.2 Å². The molecule has 102 valence electrons. The summed E-state index contributed by atoms with van der Waals surface area (Å²) in [6, 6.07) is 5.82. The topological polar surface area (TPSA) is 19.4 Å². The molecule has 18 heavy (non-hydrogen) atoms. The summed E-state index contributed by atoms with van der Waals surface area (Å²) in [6.45, 7) is 8.56. The standard InChI is InChI=1S/C14H24ClN3/c1-12(2)10-18(9-8-17(3)4)11-13-6-5-7-14(15)16-13/h5-7,12H,8-11H2,1-4H3. The number of rotatable bonds is 7. The van der Waals surface area contributed by atoms with E-state index in [4.69, 9.17) is 11.6 Å². The maximum absolute atomic E-state index is 5.92. The second-order valence-corrected chi connectivity index (χ2v) is 5.77. The van der Waals surface area contributed by atoms with E-state index in [1.165, 1.54) is 0 Å². The average Bonchev–Trinajstić information content (AvgIpc) is 2.25. The van der Waals surface area contributed by atoms with Gasteiger partial charge in [0, 0.05) is 26.2 Å². The summed E-state index contributed by atoms with van der Waals surface area (Å²) < 4.78 is 0. The molecule has 0 aliphatic heterocycles. The van der Waals surface area contributed by atoms with E-state index in [2.05, 4.69) is 42.7 Å². The molecule has 0 saturated carbocycles. The summed E-state index contributed by atoms with van der Waals surface area (Å²) in [5.74, 6) is 0.659. The van der Waals surface area contributed by atoms with Crippen LogP contribution >= 0.6 is 11.6 Å². The van der Waals surface area contributed by atoms with Crippen molar-refractivity contribution in [2.24, 2.45) is 5.92 Å². The maximum Gasteiger partial charge on any atom is 0.129 e. The van der Waals surface area contributed by atoms with Crippen molar-refractivity contribution in [3.8, 4) is 0 Å². The Morgan fingerprint density at radius 2 is 1.94 bits per heavy atom. The van der Waals surface area contributed by atoms with Crippen LogP contribution < -0.4 is 0 Å². The Balaban J connectivity index is 2.59. The van der Waals surface area contributed by atoms with Crippen molar-refractivity contribution in [1.29, 1.82) is 0 Å². The van der Waals surface area contributed by atoms with E-state index in [9.17, 15) is 0 Å². The first-order valence-corrected chi connectivity index (χ1v) is 6.83. The first kappa shape index (κ1) is 15.4. The third kappa shape index (κ3) is 6.34.